The van der Waals surface area contributed by atoms with Crippen molar-refractivity contribution < 1.29 is 23.5 Å². The fourth-order valence-electron chi connectivity index (χ4n) is 4.88. The van der Waals surface area contributed by atoms with Crippen LogP contribution in [0.2, 0.25) is 0 Å². The maximum atomic E-state index is 14.0. The predicted molar refractivity (Wildman–Crippen MR) is 130 cm³/mol. The molecule has 0 saturated carbocycles. The molecular weight excluding hydrogens is 464 g/mol. The number of benzene rings is 3. The fourth-order valence-corrected chi connectivity index (χ4v) is 4.88. The van der Waals surface area contributed by atoms with Gasteiger partial charge in [0, 0.05) is 23.6 Å². The molecule has 6 nitrogen and oxygen atoms in total. The number of rotatable bonds is 3. The lowest BCUT2D eigenvalue weighted by Gasteiger charge is -2.58. The maximum absolute atomic E-state index is 14.0. The van der Waals surface area contributed by atoms with E-state index in [0.29, 0.717) is 5.56 Å². The lowest BCUT2D eigenvalue weighted by Crippen LogP contribution is -2.73. The van der Waals surface area contributed by atoms with Crippen molar-refractivity contribution in [3.8, 4) is 11.8 Å². The van der Waals surface area contributed by atoms with Crippen LogP contribution in [0.1, 0.15) is 22.6 Å². The van der Waals surface area contributed by atoms with E-state index >= 15 is 0 Å². The number of hydrogen-bond acceptors (Lipinski definition) is 3. The molecule has 2 saturated heterocycles. The highest BCUT2D eigenvalue weighted by Crippen LogP contribution is 2.43. The first kappa shape index (κ1) is 23.5. The summed E-state index contributed by atoms with van der Waals surface area (Å²) in [5, 5.41) is 12.5. The number of hydrogen-bond donors (Lipinski definition) is 2. The third-order valence-corrected chi connectivity index (χ3v) is 6.65. The van der Waals surface area contributed by atoms with E-state index in [1.54, 1.807) is 23.1 Å². The third kappa shape index (κ3) is 4.53. The Morgan fingerprint density at radius 1 is 0.972 bits per heavy atom. The predicted octanol–water partition coefficient (Wildman–Crippen LogP) is 3.57. The Kier molecular flexibility index (Phi) is 6.40. The van der Waals surface area contributed by atoms with Crippen molar-refractivity contribution in [2.45, 2.75) is 18.0 Å². The number of anilines is 1. The SMILES string of the molecule is O=C(Nc1ccccc1F)N1CC(=O)N2[C@@H](CO)[C@@H](c3ccc(C#Cc4ccc(F)cc4)cc3)[C@@H]2C1. The molecule has 0 aliphatic carbocycles. The van der Waals surface area contributed by atoms with Crippen LogP contribution >= 0.6 is 0 Å². The molecule has 2 fully saturated rings. The number of nitrogens with zero attached hydrogens (tertiary/aromatic N) is 2. The molecule has 3 amide bonds. The van der Waals surface area contributed by atoms with E-state index in [0.717, 1.165) is 11.1 Å². The minimum Gasteiger partial charge on any atom is -0.394 e. The van der Waals surface area contributed by atoms with Crippen LogP contribution < -0.4 is 5.32 Å². The van der Waals surface area contributed by atoms with Crippen molar-refractivity contribution in [3.63, 3.8) is 0 Å². The molecular formula is C28H23F2N3O3. The summed E-state index contributed by atoms with van der Waals surface area (Å²) >= 11 is 0. The van der Waals surface area contributed by atoms with Crippen LogP contribution in [0.4, 0.5) is 19.3 Å². The molecule has 2 aliphatic heterocycles. The van der Waals surface area contributed by atoms with Gasteiger partial charge in [-0.15, -0.1) is 0 Å². The van der Waals surface area contributed by atoms with Crippen LogP contribution in [0.3, 0.4) is 0 Å². The number of amides is 3. The number of para-hydroxylation sites is 1. The maximum Gasteiger partial charge on any atom is 0.322 e. The van der Waals surface area contributed by atoms with Crippen molar-refractivity contribution in [2.24, 2.45) is 0 Å². The Morgan fingerprint density at radius 2 is 1.61 bits per heavy atom. The highest BCUT2D eigenvalue weighted by Gasteiger charge is 2.54. The number of carbonyl (C=O) groups is 2. The van der Waals surface area contributed by atoms with Crippen molar-refractivity contribution in [1.29, 1.82) is 0 Å². The van der Waals surface area contributed by atoms with Gasteiger partial charge in [0.25, 0.3) is 0 Å². The Hall–Kier alpha value is -4.22. The third-order valence-electron chi connectivity index (χ3n) is 6.65. The first-order chi connectivity index (χ1) is 17.4. The second-order valence-electron chi connectivity index (χ2n) is 8.81. The van der Waals surface area contributed by atoms with Gasteiger partial charge in [0.15, 0.2) is 0 Å². The average Bonchev–Trinajstić information content (AvgIpc) is 2.87. The molecule has 2 N–H and O–H groups in total. The molecule has 3 atom stereocenters. The van der Waals surface area contributed by atoms with E-state index in [-0.39, 0.29) is 55.1 Å². The summed E-state index contributed by atoms with van der Waals surface area (Å²) in [6, 6.07) is 18.1. The molecule has 182 valence electrons. The number of aliphatic hydroxyl groups is 1. The first-order valence-corrected chi connectivity index (χ1v) is 11.5. The van der Waals surface area contributed by atoms with Crippen molar-refractivity contribution in [2.75, 3.05) is 25.0 Å². The Labute approximate surface area is 207 Å². The monoisotopic (exact) mass is 487 g/mol. The van der Waals surface area contributed by atoms with E-state index in [1.807, 2.05) is 24.3 Å². The number of piperazine rings is 1. The number of fused-ring (bicyclic) bond motifs is 1. The molecule has 0 unspecified atom stereocenters. The molecule has 5 rings (SSSR count). The van der Waals surface area contributed by atoms with Gasteiger partial charge in [-0.05, 0) is 54.1 Å². The van der Waals surface area contributed by atoms with Gasteiger partial charge in [0.05, 0.1) is 24.4 Å². The Morgan fingerprint density at radius 3 is 2.25 bits per heavy atom. The van der Waals surface area contributed by atoms with Crippen molar-refractivity contribution >= 4 is 17.6 Å². The summed E-state index contributed by atoms with van der Waals surface area (Å²) in [5.41, 5.74) is 2.44. The van der Waals surface area contributed by atoms with Gasteiger partial charge in [-0.1, -0.05) is 36.1 Å². The van der Waals surface area contributed by atoms with Crippen LogP contribution in [0.5, 0.6) is 0 Å². The molecule has 3 aromatic carbocycles. The zero-order valence-corrected chi connectivity index (χ0v) is 19.2. The minimum atomic E-state index is -0.555. The van der Waals surface area contributed by atoms with Crippen LogP contribution in [0, 0.1) is 23.5 Å². The normalized spacial score (nSPS) is 20.6. The first-order valence-electron chi connectivity index (χ1n) is 11.5. The lowest BCUT2D eigenvalue weighted by molar-refractivity contribution is -0.159. The van der Waals surface area contributed by atoms with Gasteiger partial charge in [-0.2, -0.15) is 0 Å². The summed E-state index contributed by atoms with van der Waals surface area (Å²) in [6.07, 6.45) is 0. The fraction of sp³-hybridized carbons (Fsp3) is 0.214. The molecule has 2 heterocycles. The van der Waals surface area contributed by atoms with Crippen LogP contribution in [0.15, 0.2) is 72.8 Å². The van der Waals surface area contributed by atoms with Crippen molar-refractivity contribution in [3.05, 3.63) is 101 Å². The second-order valence-corrected chi connectivity index (χ2v) is 8.81. The highest BCUT2D eigenvalue weighted by molar-refractivity contribution is 5.94. The van der Waals surface area contributed by atoms with Crippen LogP contribution in [0.25, 0.3) is 0 Å². The molecule has 36 heavy (non-hydrogen) atoms. The molecule has 0 radical (unpaired) electrons. The van der Waals surface area contributed by atoms with E-state index in [2.05, 4.69) is 17.2 Å². The standard InChI is InChI=1S/C28H23F2N3O3/c29-21-13-9-19(10-14-21)6-5-18-7-11-20(12-8-18)27-24-15-32(16-26(35)33(24)25(27)17-34)28(36)31-23-4-2-1-3-22(23)30/h1-4,7-14,24-25,27,34H,15-17H2,(H,31,36)/t24-,25-,27-/m0/s1. The molecule has 3 aromatic rings. The summed E-state index contributed by atoms with van der Waals surface area (Å²) in [5.74, 6) is 4.74. The van der Waals surface area contributed by atoms with Gasteiger partial charge < -0.3 is 20.2 Å². The van der Waals surface area contributed by atoms with Crippen LogP contribution in [-0.4, -0.2) is 58.6 Å². The zero-order valence-electron chi connectivity index (χ0n) is 19.2. The molecule has 2 aliphatic rings. The molecule has 0 aromatic heterocycles. The number of carbonyl (C=O) groups excluding carboxylic acids is 2. The summed E-state index contributed by atoms with van der Waals surface area (Å²) < 4.78 is 27.0. The van der Waals surface area contributed by atoms with E-state index < -0.39 is 11.8 Å². The number of urea groups is 1. The number of halogens is 2. The molecule has 0 spiro atoms. The lowest BCUT2D eigenvalue weighted by atomic mass is 9.73. The van der Waals surface area contributed by atoms with Crippen LogP contribution in [-0.2, 0) is 4.79 Å². The van der Waals surface area contributed by atoms with E-state index in [9.17, 15) is 23.5 Å². The summed E-state index contributed by atoms with van der Waals surface area (Å²) in [6.45, 7) is -0.0717. The smallest absolute Gasteiger partial charge is 0.322 e. The second kappa shape index (κ2) is 9.80. The molecule has 0 bridgehead atoms. The minimum absolute atomic E-state index is 0.0492. The largest absolute Gasteiger partial charge is 0.394 e. The van der Waals surface area contributed by atoms with Gasteiger partial charge in [-0.3, -0.25) is 4.79 Å². The zero-order chi connectivity index (χ0) is 25.2. The Bertz CT molecular complexity index is 1350. The number of nitrogens with one attached hydrogen (secondary N) is 1. The summed E-state index contributed by atoms with van der Waals surface area (Å²) in [7, 11) is 0. The number of aliphatic hydroxyl groups excluding tert-OH is 1. The Balaban J connectivity index is 1.31. The molecule has 8 heteroatoms. The topological polar surface area (TPSA) is 72.9 Å². The summed E-state index contributed by atoms with van der Waals surface area (Å²) in [4.78, 5) is 28.6. The van der Waals surface area contributed by atoms with Gasteiger partial charge in [0.2, 0.25) is 5.91 Å². The van der Waals surface area contributed by atoms with Gasteiger partial charge in [-0.25, -0.2) is 13.6 Å². The average molecular weight is 488 g/mol. The van der Waals surface area contributed by atoms with E-state index in [1.165, 1.54) is 35.2 Å². The van der Waals surface area contributed by atoms with Gasteiger partial charge in [0.1, 0.15) is 18.2 Å². The van der Waals surface area contributed by atoms with Crippen molar-refractivity contribution in [1.82, 2.24) is 9.80 Å². The highest BCUT2D eigenvalue weighted by atomic mass is 19.1. The quantitative estimate of drug-likeness (QED) is 0.555. The van der Waals surface area contributed by atoms with E-state index in [4.69, 9.17) is 0 Å². The van der Waals surface area contributed by atoms with Gasteiger partial charge >= 0.3 is 6.03 Å².